The second-order valence-corrected chi connectivity index (χ2v) is 5.11. The van der Waals surface area contributed by atoms with Crippen molar-refractivity contribution in [2.45, 2.75) is 20.8 Å². The molecule has 0 atom stereocenters. The molecule has 0 aliphatic rings. The lowest BCUT2D eigenvalue weighted by molar-refractivity contribution is 0.0949. The number of nitrogens with one attached hydrogen (secondary N) is 1. The summed E-state index contributed by atoms with van der Waals surface area (Å²) in [6, 6.07) is 9.42. The summed E-state index contributed by atoms with van der Waals surface area (Å²) in [5.74, 6) is 1.19. The van der Waals surface area contributed by atoms with Crippen LogP contribution in [0.25, 0.3) is 11.3 Å². The normalized spacial score (nSPS) is 10.7. The van der Waals surface area contributed by atoms with Gasteiger partial charge in [-0.1, -0.05) is 19.9 Å². The minimum Gasteiger partial charge on any atom is -0.464 e. The van der Waals surface area contributed by atoms with Crippen molar-refractivity contribution in [1.29, 1.82) is 0 Å². The van der Waals surface area contributed by atoms with E-state index >= 15 is 0 Å². The first-order chi connectivity index (χ1) is 9.08. The van der Waals surface area contributed by atoms with Gasteiger partial charge in [-0.3, -0.25) is 4.79 Å². The number of furan rings is 1. The van der Waals surface area contributed by atoms with Gasteiger partial charge in [0.2, 0.25) is 0 Å². The minimum atomic E-state index is -0.0403. The number of hydrogen-bond acceptors (Lipinski definition) is 2. The molecule has 0 bridgehead atoms. The van der Waals surface area contributed by atoms with Gasteiger partial charge in [-0.15, -0.1) is 0 Å². The largest absolute Gasteiger partial charge is 0.464 e. The summed E-state index contributed by atoms with van der Waals surface area (Å²) in [6.07, 6.45) is 1.64. The SMILES string of the molecule is Cc1ccc(C(=O)NCC(C)C)cc1-c1ccco1. The first kappa shape index (κ1) is 13.4. The molecule has 1 N–H and O–H groups in total. The Labute approximate surface area is 113 Å². The number of amides is 1. The van der Waals surface area contributed by atoms with Gasteiger partial charge in [-0.25, -0.2) is 0 Å². The first-order valence-corrected chi connectivity index (χ1v) is 6.50. The zero-order valence-corrected chi connectivity index (χ0v) is 11.6. The maximum Gasteiger partial charge on any atom is 0.251 e. The fourth-order valence-electron chi connectivity index (χ4n) is 1.86. The highest BCUT2D eigenvalue weighted by molar-refractivity contribution is 5.95. The molecule has 100 valence electrons. The lowest BCUT2D eigenvalue weighted by atomic mass is 10.0. The van der Waals surface area contributed by atoms with Crippen LogP contribution in [0.4, 0.5) is 0 Å². The monoisotopic (exact) mass is 257 g/mol. The Balaban J connectivity index is 2.24. The van der Waals surface area contributed by atoms with Gasteiger partial charge in [-0.2, -0.15) is 0 Å². The van der Waals surface area contributed by atoms with Crippen LogP contribution in [-0.4, -0.2) is 12.5 Å². The molecule has 3 nitrogen and oxygen atoms in total. The van der Waals surface area contributed by atoms with Crippen LogP contribution < -0.4 is 5.32 Å². The van der Waals surface area contributed by atoms with Gasteiger partial charge < -0.3 is 9.73 Å². The van der Waals surface area contributed by atoms with Gasteiger partial charge in [-0.05, 0) is 42.7 Å². The quantitative estimate of drug-likeness (QED) is 0.908. The highest BCUT2D eigenvalue weighted by Gasteiger charge is 2.10. The van der Waals surface area contributed by atoms with E-state index in [1.807, 2.05) is 37.3 Å². The van der Waals surface area contributed by atoms with Gasteiger partial charge in [0, 0.05) is 17.7 Å². The maximum atomic E-state index is 12.0. The van der Waals surface area contributed by atoms with Gasteiger partial charge in [0.1, 0.15) is 5.76 Å². The molecule has 0 saturated carbocycles. The van der Waals surface area contributed by atoms with Crippen LogP contribution in [0.3, 0.4) is 0 Å². The molecule has 1 aromatic heterocycles. The Hall–Kier alpha value is -2.03. The average molecular weight is 257 g/mol. The number of carbonyl (C=O) groups is 1. The third-order valence-corrected chi connectivity index (χ3v) is 2.96. The van der Waals surface area contributed by atoms with Crippen molar-refractivity contribution >= 4 is 5.91 Å². The van der Waals surface area contributed by atoms with Crippen molar-refractivity contribution in [3.8, 4) is 11.3 Å². The van der Waals surface area contributed by atoms with Crippen LogP contribution in [0.15, 0.2) is 41.0 Å². The summed E-state index contributed by atoms with van der Waals surface area (Å²) in [7, 11) is 0. The third-order valence-electron chi connectivity index (χ3n) is 2.96. The molecule has 0 aliphatic heterocycles. The van der Waals surface area contributed by atoms with Crippen LogP contribution in [-0.2, 0) is 0 Å². The maximum absolute atomic E-state index is 12.0. The summed E-state index contributed by atoms with van der Waals surface area (Å²) in [4.78, 5) is 12.0. The van der Waals surface area contributed by atoms with E-state index in [9.17, 15) is 4.79 Å². The summed E-state index contributed by atoms with van der Waals surface area (Å²) in [5, 5.41) is 2.92. The molecule has 1 aromatic carbocycles. The second-order valence-electron chi connectivity index (χ2n) is 5.11. The molecule has 2 aromatic rings. The Morgan fingerprint density at radius 3 is 2.74 bits per heavy atom. The van der Waals surface area contributed by atoms with Crippen LogP contribution in [0, 0.1) is 12.8 Å². The van der Waals surface area contributed by atoms with E-state index in [1.54, 1.807) is 6.26 Å². The molecule has 0 unspecified atom stereocenters. The Bertz CT molecular complexity index is 556. The average Bonchev–Trinajstić information content (AvgIpc) is 2.90. The molecule has 0 saturated heterocycles. The van der Waals surface area contributed by atoms with Crippen LogP contribution >= 0.6 is 0 Å². The van der Waals surface area contributed by atoms with Crippen molar-refractivity contribution in [2.24, 2.45) is 5.92 Å². The number of rotatable bonds is 4. The molecular weight excluding hydrogens is 238 g/mol. The van der Waals surface area contributed by atoms with E-state index in [4.69, 9.17) is 4.42 Å². The topological polar surface area (TPSA) is 42.2 Å². The minimum absolute atomic E-state index is 0.0403. The van der Waals surface area contributed by atoms with E-state index in [-0.39, 0.29) is 5.91 Å². The first-order valence-electron chi connectivity index (χ1n) is 6.50. The van der Waals surface area contributed by atoms with Crippen molar-refractivity contribution in [3.05, 3.63) is 47.7 Å². The zero-order chi connectivity index (χ0) is 13.8. The Kier molecular flexibility index (Phi) is 4.05. The highest BCUT2D eigenvalue weighted by Crippen LogP contribution is 2.24. The third kappa shape index (κ3) is 3.25. The van der Waals surface area contributed by atoms with Gasteiger partial charge >= 0.3 is 0 Å². The van der Waals surface area contributed by atoms with Crippen molar-refractivity contribution in [2.75, 3.05) is 6.54 Å². The van der Waals surface area contributed by atoms with Gasteiger partial charge in [0.05, 0.1) is 6.26 Å². The molecule has 0 fully saturated rings. The van der Waals surface area contributed by atoms with Crippen LogP contribution in [0.2, 0.25) is 0 Å². The van der Waals surface area contributed by atoms with E-state index in [0.29, 0.717) is 18.0 Å². The van der Waals surface area contributed by atoms with E-state index in [2.05, 4.69) is 19.2 Å². The summed E-state index contributed by atoms with van der Waals surface area (Å²) in [5.41, 5.74) is 2.72. The fourth-order valence-corrected chi connectivity index (χ4v) is 1.86. The lowest BCUT2D eigenvalue weighted by Crippen LogP contribution is -2.27. The van der Waals surface area contributed by atoms with Crippen molar-refractivity contribution in [3.63, 3.8) is 0 Å². The predicted molar refractivity (Wildman–Crippen MR) is 76.1 cm³/mol. The summed E-state index contributed by atoms with van der Waals surface area (Å²) in [6.45, 7) is 6.84. The number of aryl methyl sites for hydroxylation is 1. The molecule has 1 amide bonds. The van der Waals surface area contributed by atoms with E-state index < -0.39 is 0 Å². The fraction of sp³-hybridized carbons (Fsp3) is 0.312. The molecule has 1 heterocycles. The molecule has 0 spiro atoms. The van der Waals surface area contributed by atoms with E-state index in [1.165, 1.54) is 0 Å². The molecule has 0 radical (unpaired) electrons. The van der Waals surface area contributed by atoms with Crippen LogP contribution in [0.5, 0.6) is 0 Å². The molecular formula is C16H19NO2. The summed E-state index contributed by atoms with van der Waals surface area (Å²) >= 11 is 0. The standard InChI is InChI=1S/C16H19NO2/c1-11(2)10-17-16(18)13-7-6-12(3)14(9-13)15-5-4-8-19-15/h4-9,11H,10H2,1-3H3,(H,17,18). The van der Waals surface area contributed by atoms with Gasteiger partial charge in [0.15, 0.2) is 0 Å². The van der Waals surface area contributed by atoms with Crippen LogP contribution in [0.1, 0.15) is 29.8 Å². The summed E-state index contributed by atoms with van der Waals surface area (Å²) < 4.78 is 5.40. The molecule has 19 heavy (non-hydrogen) atoms. The van der Waals surface area contributed by atoms with Crippen molar-refractivity contribution < 1.29 is 9.21 Å². The zero-order valence-electron chi connectivity index (χ0n) is 11.6. The van der Waals surface area contributed by atoms with Gasteiger partial charge in [0.25, 0.3) is 5.91 Å². The number of benzene rings is 1. The number of carbonyl (C=O) groups excluding carboxylic acids is 1. The molecule has 3 heteroatoms. The molecule has 2 rings (SSSR count). The number of hydrogen-bond donors (Lipinski definition) is 1. The highest BCUT2D eigenvalue weighted by atomic mass is 16.3. The Morgan fingerprint density at radius 1 is 1.32 bits per heavy atom. The second kappa shape index (κ2) is 5.74. The lowest BCUT2D eigenvalue weighted by Gasteiger charge is -2.09. The van der Waals surface area contributed by atoms with Crippen molar-refractivity contribution in [1.82, 2.24) is 5.32 Å². The van der Waals surface area contributed by atoms with E-state index in [0.717, 1.165) is 16.9 Å². The molecule has 0 aliphatic carbocycles. The Morgan fingerprint density at radius 2 is 2.11 bits per heavy atom. The predicted octanol–water partition coefficient (Wildman–Crippen LogP) is 3.64. The smallest absolute Gasteiger partial charge is 0.251 e.